The molecule has 2 nitrogen and oxygen atoms in total. The molecule has 0 amide bonds. The fraction of sp³-hybridized carbons (Fsp3) is 0.889. The molecule has 1 aliphatic heterocycles. The van der Waals surface area contributed by atoms with Crippen molar-refractivity contribution in [3.05, 3.63) is 0 Å². The molecule has 11 heavy (non-hydrogen) atoms. The fourth-order valence-corrected chi connectivity index (χ4v) is 1.68. The molecule has 0 aromatic rings. The van der Waals surface area contributed by atoms with Crippen LogP contribution in [0.5, 0.6) is 0 Å². The first kappa shape index (κ1) is 8.72. The van der Waals surface area contributed by atoms with Gasteiger partial charge < -0.3 is 0 Å². The van der Waals surface area contributed by atoms with Gasteiger partial charge in [0.15, 0.2) is 0 Å². The third-order valence-corrected chi connectivity index (χ3v) is 2.37. The van der Waals surface area contributed by atoms with Crippen molar-refractivity contribution in [2.24, 2.45) is 0 Å². The third kappa shape index (κ3) is 2.62. The molecule has 0 aliphatic carbocycles. The number of likely N-dealkylation sites (tertiary alicyclic amines) is 1. The zero-order valence-corrected chi connectivity index (χ0v) is 7.47. The summed E-state index contributed by atoms with van der Waals surface area (Å²) in [6, 6.07) is 0.618. The number of carbonyl (C=O) groups excluding carboxylic acids is 1. The quantitative estimate of drug-likeness (QED) is 0.601. The van der Waals surface area contributed by atoms with Crippen molar-refractivity contribution < 1.29 is 4.79 Å². The van der Waals surface area contributed by atoms with Crippen LogP contribution in [0.3, 0.4) is 0 Å². The van der Waals surface area contributed by atoms with E-state index in [4.69, 9.17) is 0 Å². The number of hydrogen-bond donors (Lipinski definition) is 0. The highest BCUT2D eigenvalue weighted by atomic mass is 16.1. The van der Waals surface area contributed by atoms with Gasteiger partial charge in [0.2, 0.25) is 0 Å². The Bertz CT molecular complexity index is 144. The topological polar surface area (TPSA) is 20.3 Å². The molecule has 0 aromatic heterocycles. The lowest BCUT2D eigenvalue weighted by atomic mass is 10.0. The summed E-state index contributed by atoms with van der Waals surface area (Å²) in [5, 5.41) is 0. The zero-order valence-electron chi connectivity index (χ0n) is 7.47. The Morgan fingerprint density at radius 1 is 1.55 bits per heavy atom. The van der Waals surface area contributed by atoms with Gasteiger partial charge >= 0.3 is 0 Å². The molecule has 0 aromatic carbocycles. The Kier molecular flexibility index (Phi) is 3.06. The molecule has 1 atom stereocenters. The maximum absolute atomic E-state index is 10.8. The summed E-state index contributed by atoms with van der Waals surface area (Å²) >= 11 is 0. The molecular formula is C9H17NO. The van der Waals surface area contributed by atoms with Crippen LogP contribution in [0.1, 0.15) is 33.1 Å². The van der Waals surface area contributed by atoms with E-state index in [1.54, 1.807) is 6.92 Å². The van der Waals surface area contributed by atoms with Gasteiger partial charge in [-0.1, -0.05) is 6.42 Å². The molecule has 1 fully saturated rings. The lowest BCUT2D eigenvalue weighted by Crippen LogP contribution is -2.40. The van der Waals surface area contributed by atoms with Crippen LogP contribution >= 0.6 is 0 Å². The van der Waals surface area contributed by atoms with E-state index in [2.05, 4.69) is 11.8 Å². The highest BCUT2D eigenvalue weighted by Gasteiger charge is 2.18. The van der Waals surface area contributed by atoms with Crippen LogP contribution in [0.4, 0.5) is 0 Å². The van der Waals surface area contributed by atoms with Crippen molar-refractivity contribution in [1.82, 2.24) is 4.90 Å². The van der Waals surface area contributed by atoms with Crippen LogP contribution in [0.25, 0.3) is 0 Å². The van der Waals surface area contributed by atoms with Gasteiger partial charge in [-0.2, -0.15) is 0 Å². The zero-order chi connectivity index (χ0) is 8.27. The van der Waals surface area contributed by atoms with Crippen LogP contribution in [0.2, 0.25) is 0 Å². The molecule has 1 saturated heterocycles. The summed E-state index contributed by atoms with van der Waals surface area (Å²) in [6.45, 7) is 5.64. The number of piperidine rings is 1. The van der Waals surface area contributed by atoms with Crippen LogP contribution in [0, 0.1) is 0 Å². The van der Waals surface area contributed by atoms with E-state index in [9.17, 15) is 4.79 Å². The molecule has 1 rings (SSSR count). The number of ketones is 1. The second kappa shape index (κ2) is 3.86. The maximum Gasteiger partial charge on any atom is 0.143 e. The largest absolute Gasteiger partial charge is 0.299 e. The summed E-state index contributed by atoms with van der Waals surface area (Å²) in [6.07, 6.45) is 3.85. The van der Waals surface area contributed by atoms with Crippen molar-refractivity contribution in [3.63, 3.8) is 0 Å². The normalized spacial score (nSPS) is 26.9. The van der Waals surface area contributed by atoms with Crippen LogP contribution in [0.15, 0.2) is 0 Å². The van der Waals surface area contributed by atoms with E-state index >= 15 is 0 Å². The van der Waals surface area contributed by atoms with Gasteiger partial charge in [0.1, 0.15) is 5.78 Å². The first-order chi connectivity index (χ1) is 5.20. The molecule has 0 radical (unpaired) electrons. The maximum atomic E-state index is 10.8. The number of hydrogen-bond acceptors (Lipinski definition) is 2. The SMILES string of the molecule is CC(=O)CN1CCCC[C@H]1C. The van der Waals surface area contributed by atoms with Gasteiger partial charge in [0.05, 0.1) is 6.54 Å². The number of rotatable bonds is 2. The molecular weight excluding hydrogens is 138 g/mol. The van der Waals surface area contributed by atoms with E-state index < -0.39 is 0 Å². The lowest BCUT2D eigenvalue weighted by Gasteiger charge is -2.32. The Hall–Kier alpha value is -0.370. The summed E-state index contributed by atoms with van der Waals surface area (Å²) in [7, 11) is 0. The first-order valence-corrected chi connectivity index (χ1v) is 4.43. The third-order valence-electron chi connectivity index (χ3n) is 2.37. The van der Waals surface area contributed by atoms with Crippen molar-refractivity contribution in [1.29, 1.82) is 0 Å². The van der Waals surface area contributed by atoms with E-state index in [-0.39, 0.29) is 0 Å². The standard InChI is InChI=1S/C9H17NO/c1-8-5-3-4-6-10(8)7-9(2)11/h8H,3-7H2,1-2H3/t8-/m1/s1. The van der Waals surface area contributed by atoms with Gasteiger partial charge in [-0.05, 0) is 33.2 Å². The highest BCUT2D eigenvalue weighted by Crippen LogP contribution is 2.15. The average molecular weight is 155 g/mol. The van der Waals surface area contributed by atoms with Crippen molar-refractivity contribution in [2.45, 2.75) is 39.2 Å². The highest BCUT2D eigenvalue weighted by molar-refractivity contribution is 5.77. The minimum absolute atomic E-state index is 0.291. The van der Waals surface area contributed by atoms with Crippen LogP contribution in [-0.4, -0.2) is 29.8 Å². The van der Waals surface area contributed by atoms with E-state index in [0.29, 0.717) is 18.4 Å². The molecule has 0 spiro atoms. The summed E-state index contributed by atoms with van der Waals surface area (Å²) < 4.78 is 0. The smallest absolute Gasteiger partial charge is 0.143 e. The second-order valence-corrected chi connectivity index (χ2v) is 3.52. The molecule has 1 heterocycles. The Morgan fingerprint density at radius 3 is 2.82 bits per heavy atom. The first-order valence-electron chi connectivity index (χ1n) is 4.43. The minimum Gasteiger partial charge on any atom is -0.299 e. The van der Waals surface area contributed by atoms with E-state index in [0.717, 1.165) is 6.54 Å². The number of nitrogens with zero attached hydrogens (tertiary/aromatic N) is 1. The Labute approximate surface area is 68.6 Å². The molecule has 0 N–H and O–H groups in total. The molecule has 2 heteroatoms. The molecule has 64 valence electrons. The summed E-state index contributed by atoms with van der Waals surface area (Å²) in [5.41, 5.74) is 0. The Balaban J connectivity index is 2.35. The predicted molar refractivity (Wildman–Crippen MR) is 45.6 cm³/mol. The van der Waals surface area contributed by atoms with Crippen molar-refractivity contribution in [3.8, 4) is 0 Å². The molecule has 0 saturated carbocycles. The van der Waals surface area contributed by atoms with Gasteiger partial charge in [-0.25, -0.2) is 0 Å². The van der Waals surface area contributed by atoms with Crippen molar-refractivity contribution in [2.75, 3.05) is 13.1 Å². The fourth-order valence-electron chi connectivity index (χ4n) is 1.68. The van der Waals surface area contributed by atoms with Crippen molar-refractivity contribution >= 4 is 5.78 Å². The summed E-state index contributed by atoms with van der Waals surface area (Å²) in [4.78, 5) is 13.1. The Morgan fingerprint density at radius 2 is 2.27 bits per heavy atom. The average Bonchev–Trinajstić information content (AvgIpc) is 1.93. The second-order valence-electron chi connectivity index (χ2n) is 3.52. The lowest BCUT2D eigenvalue weighted by molar-refractivity contribution is -0.118. The van der Waals surface area contributed by atoms with Gasteiger partial charge in [-0.15, -0.1) is 0 Å². The molecule has 0 bridgehead atoms. The van der Waals surface area contributed by atoms with Gasteiger partial charge in [0.25, 0.3) is 0 Å². The summed E-state index contributed by atoms with van der Waals surface area (Å²) in [5.74, 6) is 0.291. The monoisotopic (exact) mass is 155 g/mol. The predicted octanol–water partition coefficient (Wildman–Crippen LogP) is 1.45. The molecule has 0 unspecified atom stereocenters. The van der Waals surface area contributed by atoms with Gasteiger partial charge in [0, 0.05) is 6.04 Å². The van der Waals surface area contributed by atoms with Gasteiger partial charge in [-0.3, -0.25) is 9.69 Å². The van der Waals surface area contributed by atoms with E-state index in [1.807, 2.05) is 0 Å². The number of Topliss-reactive ketones (excluding diaryl/α,β-unsaturated/α-hetero) is 1. The van der Waals surface area contributed by atoms with Crippen LogP contribution in [-0.2, 0) is 4.79 Å². The minimum atomic E-state index is 0.291. The molecule has 1 aliphatic rings. The van der Waals surface area contributed by atoms with Crippen LogP contribution < -0.4 is 0 Å². The number of carbonyl (C=O) groups is 1. The van der Waals surface area contributed by atoms with E-state index in [1.165, 1.54) is 19.3 Å².